The number of carboxylic acid groups (broad SMARTS) is 1. The van der Waals surface area contributed by atoms with Gasteiger partial charge >= 0.3 is 5.97 Å². The van der Waals surface area contributed by atoms with Gasteiger partial charge in [-0.05, 0) is 37.1 Å². The fourth-order valence-corrected chi connectivity index (χ4v) is 3.13. The summed E-state index contributed by atoms with van der Waals surface area (Å²) in [6.07, 6.45) is 1.33. The molecule has 0 aromatic heterocycles. The molecule has 1 aromatic carbocycles. The van der Waals surface area contributed by atoms with Crippen LogP contribution in [-0.2, 0) is 9.59 Å². The van der Waals surface area contributed by atoms with E-state index < -0.39 is 12.0 Å². The molecule has 6 heteroatoms. The summed E-state index contributed by atoms with van der Waals surface area (Å²) in [5, 5.41) is 9.04. The molecule has 0 aliphatic carbocycles. The molecule has 4 nitrogen and oxygen atoms in total. The molecule has 19 heavy (non-hydrogen) atoms. The average Bonchev–Trinajstić information content (AvgIpc) is 2.87. The van der Waals surface area contributed by atoms with Crippen molar-refractivity contribution in [2.24, 2.45) is 0 Å². The molecule has 1 unspecified atom stereocenters. The van der Waals surface area contributed by atoms with E-state index in [0.29, 0.717) is 13.0 Å². The molecular weight excluding hydrogens is 330 g/mol. The van der Waals surface area contributed by atoms with E-state index in [2.05, 4.69) is 15.9 Å². The van der Waals surface area contributed by atoms with Crippen LogP contribution in [0, 0.1) is 0 Å². The number of carbonyl (C=O) groups is 2. The molecule has 0 spiro atoms. The monoisotopic (exact) mass is 343 g/mol. The molecule has 1 fully saturated rings. The van der Waals surface area contributed by atoms with Gasteiger partial charge in [0.15, 0.2) is 0 Å². The standard InChI is InChI=1S/C13H14BrNO3S/c14-9-3-5-10(6-4-9)19-8-12(16)15-7-1-2-11(15)13(17)18/h3-6,11H,1-2,7-8H2,(H,17,18). The van der Waals surface area contributed by atoms with Crippen LogP contribution in [0.5, 0.6) is 0 Å². The van der Waals surface area contributed by atoms with Crippen LogP contribution in [0.3, 0.4) is 0 Å². The number of halogens is 1. The molecule has 1 saturated heterocycles. The number of amides is 1. The quantitative estimate of drug-likeness (QED) is 0.853. The highest BCUT2D eigenvalue weighted by Gasteiger charge is 2.33. The lowest BCUT2D eigenvalue weighted by atomic mass is 10.2. The molecule has 1 atom stereocenters. The Morgan fingerprint density at radius 1 is 1.37 bits per heavy atom. The molecule has 0 saturated carbocycles. The van der Waals surface area contributed by atoms with Crippen molar-refractivity contribution in [3.05, 3.63) is 28.7 Å². The van der Waals surface area contributed by atoms with E-state index >= 15 is 0 Å². The van der Waals surface area contributed by atoms with Crippen molar-refractivity contribution >= 4 is 39.6 Å². The number of carbonyl (C=O) groups excluding carboxylic acids is 1. The third-order valence-corrected chi connectivity index (χ3v) is 4.56. The van der Waals surface area contributed by atoms with Gasteiger partial charge in [-0.15, -0.1) is 11.8 Å². The Morgan fingerprint density at radius 2 is 2.05 bits per heavy atom. The van der Waals surface area contributed by atoms with E-state index in [-0.39, 0.29) is 11.7 Å². The van der Waals surface area contributed by atoms with Crippen molar-refractivity contribution in [2.75, 3.05) is 12.3 Å². The van der Waals surface area contributed by atoms with Gasteiger partial charge in [0, 0.05) is 15.9 Å². The zero-order chi connectivity index (χ0) is 13.8. The van der Waals surface area contributed by atoms with Gasteiger partial charge in [0.2, 0.25) is 5.91 Å². The van der Waals surface area contributed by atoms with Crippen molar-refractivity contribution in [1.29, 1.82) is 0 Å². The van der Waals surface area contributed by atoms with Crippen LogP contribution >= 0.6 is 27.7 Å². The molecule has 1 N–H and O–H groups in total. The smallest absolute Gasteiger partial charge is 0.326 e. The zero-order valence-electron chi connectivity index (χ0n) is 10.2. The minimum absolute atomic E-state index is 0.0992. The molecule has 1 aromatic rings. The molecular formula is C13H14BrNO3S. The number of rotatable bonds is 4. The average molecular weight is 344 g/mol. The SMILES string of the molecule is O=C(O)C1CCCN1C(=O)CSc1ccc(Br)cc1. The minimum atomic E-state index is -0.903. The van der Waals surface area contributed by atoms with Crippen LogP contribution < -0.4 is 0 Å². The summed E-state index contributed by atoms with van der Waals surface area (Å²) in [7, 11) is 0. The van der Waals surface area contributed by atoms with Crippen LogP contribution in [0.2, 0.25) is 0 Å². The first-order valence-electron chi connectivity index (χ1n) is 5.98. The fraction of sp³-hybridized carbons (Fsp3) is 0.385. The molecule has 1 amide bonds. The molecule has 2 rings (SSSR count). The number of aliphatic carboxylic acids is 1. The lowest BCUT2D eigenvalue weighted by Crippen LogP contribution is -2.41. The van der Waals surface area contributed by atoms with Crippen LogP contribution in [0.1, 0.15) is 12.8 Å². The number of carboxylic acids is 1. The van der Waals surface area contributed by atoms with Crippen LogP contribution in [0.25, 0.3) is 0 Å². The van der Waals surface area contributed by atoms with Gasteiger partial charge in [-0.1, -0.05) is 15.9 Å². The van der Waals surface area contributed by atoms with E-state index in [4.69, 9.17) is 5.11 Å². The van der Waals surface area contributed by atoms with Gasteiger partial charge in [-0.25, -0.2) is 4.79 Å². The summed E-state index contributed by atoms with van der Waals surface area (Å²) >= 11 is 4.79. The largest absolute Gasteiger partial charge is 0.480 e. The van der Waals surface area contributed by atoms with Crippen molar-refractivity contribution in [3.63, 3.8) is 0 Å². The Balaban J connectivity index is 1.90. The third-order valence-electron chi connectivity index (χ3n) is 3.03. The Labute approximate surface area is 124 Å². The minimum Gasteiger partial charge on any atom is -0.480 e. The van der Waals surface area contributed by atoms with Gasteiger partial charge in [0.25, 0.3) is 0 Å². The topological polar surface area (TPSA) is 57.6 Å². The molecule has 0 bridgehead atoms. The van der Waals surface area contributed by atoms with Crippen molar-refractivity contribution in [3.8, 4) is 0 Å². The van der Waals surface area contributed by atoms with E-state index in [1.54, 1.807) is 0 Å². The highest BCUT2D eigenvalue weighted by molar-refractivity contribution is 9.10. The molecule has 102 valence electrons. The van der Waals surface area contributed by atoms with Gasteiger partial charge in [0.1, 0.15) is 6.04 Å². The summed E-state index contributed by atoms with van der Waals surface area (Å²) in [6, 6.07) is 7.06. The van der Waals surface area contributed by atoms with E-state index in [0.717, 1.165) is 15.8 Å². The summed E-state index contributed by atoms with van der Waals surface area (Å²) in [6.45, 7) is 0.552. The summed E-state index contributed by atoms with van der Waals surface area (Å²) < 4.78 is 0.994. The maximum Gasteiger partial charge on any atom is 0.326 e. The van der Waals surface area contributed by atoms with Crippen molar-refractivity contribution in [2.45, 2.75) is 23.8 Å². The summed E-state index contributed by atoms with van der Waals surface area (Å²) in [5.41, 5.74) is 0. The number of likely N-dealkylation sites (tertiary alicyclic amines) is 1. The Kier molecular flexibility index (Phi) is 4.87. The predicted molar refractivity (Wildman–Crippen MR) is 77.2 cm³/mol. The van der Waals surface area contributed by atoms with Gasteiger partial charge in [0.05, 0.1) is 5.75 Å². The number of thioether (sulfide) groups is 1. The van der Waals surface area contributed by atoms with Gasteiger partial charge in [-0.3, -0.25) is 4.79 Å². The second kappa shape index (κ2) is 6.43. The fourth-order valence-electron chi connectivity index (χ4n) is 2.08. The first-order chi connectivity index (χ1) is 9.08. The summed E-state index contributed by atoms with van der Waals surface area (Å²) in [4.78, 5) is 25.5. The highest BCUT2D eigenvalue weighted by atomic mass is 79.9. The van der Waals surface area contributed by atoms with Crippen LogP contribution in [0.15, 0.2) is 33.6 Å². The van der Waals surface area contributed by atoms with Gasteiger partial charge in [-0.2, -0.15) is 0 Å². The van der Waals surface area contributed by atoms with E-state index in [9.17, 15) is 9.59 Å². The lowest BCUT2D eigenvalue weighted by molar-refractivity contribution is -0.147. The Bertz CT molecular complexity index is 477. The normalized spacial score (nSPS) is 18.6. The number of hydrogen-bond donors (Lipinski definition) is 1. The number of nitrogens with zero attached hydrogens (tertiary/aromatic N) is 1. The predicted octanol–water partition coefficient (Wildman–Crippen LogP) is 2.62. The number of benzene rings is 1. The van der Waals surface area contributed by atoms with Gasteiger partial charge < -0.3 is 10.0 Å². The second-order valence-electron chi connectivity index (χ2n) is 4.33. The molecule has 1 aliphatic rings. The summed E-state index contributed by atoms with van der Waals surface area (Å²) in [5.74, 6) is -0.719. The van der Waals surface area contributed by atoms with Crippen molar-refractivity contribution < 1.29 is 14.7 Å². The van der Waals surface area contributed by atoms with E-state index in [1.807, 2.05) is 24.3 Å². The molecule has 1 aliphatic heterocycles. The second-order valence-corrected chi connectivity index (χ2v) is 6.29. The maximum atomic E-state index is 12.0. The molecule has 0 radical (unpaired) electrons. The Morgan fingerprint density at radius 3 is 2.68 bits per heavy atom. The highest BCUT2D eigenvalue weighted by Crippen LogP contribution is 2.23. The first kappa shape index (κ1) is 14.4. The zero-order valence-corrected chi connectivity index (χ0v) is 12.6. The van der Waals surface area contributed by atoms with Crippen LogP contribution in [0.4, 0.5) is 0 Å². The lowest BCUT2D eigenvalue weighted by Gasteiger charge is -2.21. The Hall–Kier alpha value is -1.01. The number of hydrogen-bond acceptors (Lipinski definition) is 3. The van der Waals surface area contributed by atoms with Crippen LogP contribution in [-0.4, -0.2) is 40.2 Å². The van der Waals surface area contributed by atoms with E-state index in [1.165, 1.54) is 16.7 Å². The van der Waals surface area contributed by atoms with Crippen molar-refractivity contribution in [1.82, 2.24) is 4.90 Å². The molecule has 1 heterocycles. The maximum absolute atomic E-state index is 12.0. The third kappa shape index (κ3) is 3.73. The first-order valence-corrected chi connectivity index (χ1v) is 7.76.